The number of halogens is 1. The van der Waals surface area contributed by atoms with Gasteiger partial charge in [0.25, 0.3) is 0 Å². The summed E-state index contributed by atoms with van der Waals surface area (Å²) in [6.45, 7) is 0. The summed E-state index contributed by atoms with van der Waals surface area (Å²) in [6.07, 6.45) is -0.684. The Morgan fingerprint density at radius 2 is 1.65 bits per heavy atom. The molecule has 0 radical (unpaired) electrons. The maximum Gasteiger partial charge on any atom is 0.168 e. The quantitative estimate of drug-likeness (QED) is 0.912. The molecule has 1 atom stereocenters. The molecule has 1 unspecified atom stereocenters. The lowest BCUT2D eigenvalue weighted by Gasteiger charge is -2.15. The van der Waals surface area contributed by atoms with Gasteiger partial charge in [-0.1, -0.05) is 30.3 Å². The standard InChI is InChI=1S/C16H17FO3/c1-19-14-8-4-3-7-12(14)13(18)10-11-6-5-9-15(20-2)16(11)17/h3-9,13,18H,10H2,1-2H3. The molecule has 0 fully saturated rings. The third-order valence-electron chi connectivity index (χ3n) is 3.17. The van der Waals surface area contributed by atoms with Gasteiger partial charge in [0.1, 0.15) is 5.75 Å². The van der Waals surface area contributed by atoms with E-state index in [9.17, 15) is 9.50 Å². The number of para-hydroxylation sites is 1. The molecule has 0 aromatic heterocycles. The second-order valence-electron chi connectivity index (χ2n) is 4.40. The van der Waals surface area contributed by atoms with Gasteiger partial charge in [-0.2, -0.15) is 0 Å². The highest BCUT2D eigenvalue weighted by molar-refractivity contribution is 5.37. The van der Waals surface area contributed by atoms with Crippen LogP contribution in [0.3, 0.4) is 0 Å². The molecule has 20 heavy (non-hydrogen) atoms. The van der Waals surface area contributed by atoms with Gasteiger partial charge in [0.05, 0.1) is 20.3 Å². The lowest BCUT2D eigenvalue weighted by atomic mass is 10.00. The summed E-state index contributed by atoms with van der Waals surface area (Å²) < 4.78 is 24.2. The Morgan fingerprint density at radius 1 is 1.00 bits per heavy atom. The minimum absolute atomic E-state index is 0.156. The summed E-state index contributed by atoms with van der Waals surface area (Å²) in [5.74, 6) is 0.321. The maximum atomic E-state index is 14.1. The predicted molar refractivity (Wildman–Crippen MR) is 74.6 cm³/mol. The Balaban J connectivity index is 2.26. The highest BCUT2D eigenvalue weighted by Gasteiger charge is 2.17. The number of hydrogen-bond acceptors (Lipinski definition) is 3. The van der Waals surface area contributed by atoms with Crippen molar-refractivity contribution in [1.29, 1.82) is 0 Å². The van der Waals surface area contributed by atoms with E-state index in [4.69, 9.17) is 9.47 Å². The number of methoxy groups -OCH3 is 2. The molecule has 0 bridgehead atoms. The number of hydrogen-bond donors (Lipinski definition) is 1. The zero-order valence-electron chi connectivity index (χ0n) is 11.5. The van der Waals surface area contributed by atoms with Gasteiger partial charge < -0.3 is 14.6 Å². The summed E-state index contributed by atoms with van der Waals surface area (Å²) in [6, 6.07) is 12.0. The van der Waals surface area contributed by atoms with Crippen LogP contribution in [0, 0.1) is 5.82 Å². The minimum atomic E-state index is -0.840. The molecule has 4 heteroatoms. The average molecular weight is 276 g/mol. The van der Waals surface area contributed by atoms with Gasteiger partial charge in [-0.3, -0.25) is 0 Å². The minimum Gasteiger partial charge on any atom is -0.496 e. The molecule has 0 aliphatic heterocycles. The molecule has 2 rings (SSSR count). The number of aliphatic hydroxyl groups is 1. The van der Waals surface area contributed by atoms with Crippen molar-refractivity contribution in [2.24, 2.45) is 0 Å². The Bertz CT molecular complexity index is 584. The fourth-order valence-corrected chi connectivity index (χ4v) is 2.13. The lowest BCUT2D eigenvalue weighted by Crippen LogP contribution is -2.06. The molecule has 0 saturated carbocycles. The monoisotopic (exact) mass is 276 g/mol. The van der Waals surface area contributed by atoms with Gasteiger partial charge in [0, 0.05) is 12.0 Å². The highest BCUT2D eigenvalue weighted by Crippen LogP contribution is 2.29. The molecule has 2 aromatic rings. The molecule has 0 heterocycles. The van der Waals surface area contributed by atoms with Crippen LogP contribution in [0.4, 0.5) is 4.39 Å². The van der Waals surface area contributed by atoms with Crippen LogP contribution < -0.4 is 9.47 Å². The first-order valence-corrected chi connectivity index (χ1v) is 6.29. The molecule has 2 aromatic carbocycles. The summed E-state index contributed by atoms with van der Waals surface area (Å²) in [5, 5.41) is 10.3. The van der Waals surface area contributed by atoms with Crippen LogP contribution in [0.2, 0.25) is 0 Å². The largest absolute Gasteiger partial charge is 0.496 e. The predicted octanol–water partition coefficient (Wildman–Crippen LogP) is 3.12. The van der Waals surface area contributed by atoms with Crippen LogP contribution >= 0.6 is 0 Å². The van der Waals surface area contributed by atoms with Gasteiger partial charge in [-0.15, -0.1) is 0 Å². The van der Waals surface area contributed by atoms with Crippen molar-refractivity contribution in [3.63, 3.8) is 0 Å². The van der Waals surface area contributed by atoms with E-state index in [-0.39, 0.29) is 12.2 Å². The fraction of sp³-hybridized carbons (Fsp3) is 0.250. The topological polar surface area (TPSA) is 38.7 Å². The van der Waals surface area contributed by atoms with Gasteiger partial charge in [0.2, 0.25) is 0 Å². The molecule has 0 amide bonds. The third kappa shape index (κ3) is 2.91. The van der Waals surface area contributed by atoms with Crippen LogP contribution in [0.25, 0.3) is 0 Å². The molecular formula is C16H17FO3. The van der Waals surface area contributed by atoms with Crippen molar-refractivity contribution in [2.45, 2.75) is 12.5 Å². The zero-order valence-corrected chi connectivity index (χ0v) is 11.5. The molecule has 106 valence electrons. The molecule has 1 N–H and O–H groups in total. The van der Waals surface area contributed by atoms with E-state index in [2.05, 4.69) is 0 Å². The molecule has 3 nitrogen and oxygen atoms in total. The van der Waals surface area contributed by atoms with Crippen molar-refractivity contribution in [3.05, 3.63) is 59.4 Å². The van der Waals surface area contributed by atoms with Crippen LogP contribution in [0.15, 0.2) is 42.5 Å². The molecular weight excluding hydrogens is 259 g/mol. The summed E-state index contributed by atoms with van der Waals surface area (Å²) in [7, 11) is 2.95. The number of ether oxygens (including phenoxy) is 2. The van der Waals surface area contributed by atoms with Gasteiger partial charge >= 0.3 is 0 Å². The van der Waals surface area contributed by atoms with E-state index in [0.717, 1.165) is 0 Å². The molecule has 0 spiro atoms. The Morgan fingerprint density at radius 3 is 2.35 bits per heavy atom. The van der Waals surface area contributed by atoms with E-state index in [1.807, 2.05) is 12.1 Å². The smallest absolute Gasteiger partial charge is 0.168 e. The van der Waals surface area contributed by atoms with Crippen molar-refractivity contribution >= 4 is 0 Å². The van der Waals surface area contributed by atoms with Crippen molar-refractivity contribution < 1.29 is 19.0 Å². The summed E-state index contributed by atoms with van der Waals surface area (Å²) in [5.41, 5.74) is 1.04. The SMILES string of the molecule is COc1ccccc1C(O)Cc1cccc(OC)c1F. The Labute approximate surface area is 117 Å². The van der Waals surface area contributed by atoms with Gasteiger partial charge in [-0.25, -0.2) is 4.39 Å². The normalized spacial score (nSPS) is 12.0. The highest BCUT2D eigenvalue weighted by atomic mass is 19.1. The van der Waals surface area contributed by atoms with Crippen molar-refractivity contribution in [1.82, 2.24) is 0 Å². The van der Waals surface area contributed by atoms with Crippen molar-refractivity contribution in [3.8, 4) is 11.5 Å². The molecule has 0 saturated heterocycles. The first-order valence-electron chi connectivity index (χ1n) is 6.29. The Hall–Kier alpha value is -2.07. The summed E-state index contributed by atoms with van der Waals surface area (Å²) in [4.78, 5) is 0. The van der Waals surface area contributed by atoms with Crippen LogP contribution in [0.5, 0.6) is 11.5 Å². The van der Waals surface area contributed by atoms with Crippen LogP contribution in [0.1, 0.15) is 17.2 Å². The zero-order chi connectivity index (χ0) is 14.5. The first kappa shape index (κ1) is 14.3. The Kier molecular flexibility index (Phi) is 4.58. The van der Waals surface area contributed by atoms with Crippen molar-refractivity contribution in [2.75, 3.05) is 14.2 Å². The lowest BCUT2D eigenvalue weighted by molar-refractivity contribution is 0.172. The van der Waals surface area contributed by atoms with E-state index in [1.54, 1.807) is 30.3 Å². The number of rotatable bonds is 5. The first-order chi connectivity index (χ1) is 9.67. The molecule has 0 aliphatic carbocycles. The van der Waals surface area contributed by atoms with E-state index in [1.165, 1.54) is 14.2 Å². The fourth-order valence-electron chi connectivity index (χ4n) is 2.13. The number of benzene rings is 2. The maximum absolute atomic E-state index is 14.1. The average Bonchev–Trinajstić information content (AvgIpc) is 2.49. The van der Waals surface area contributed by atoms with E-state index < -0.39 is 11.9 Å². The van der Waals surface area contributed by atoms with Gasteiger partial charge in [-0.05, 0) is 17.7 Å². The summed E-state index contributed by atoms with van der Waals surface area (Å²) >= 11 is 0. The van der Waals surface area contributed by atoms with E-state index in [0.29, 0.717) is 16.9 Å². The number of aliphatic hydroxyl groups excluding tert-OH is 1. The second kappa shape index (κ2) is 6.39. The second-order valence-corrected chi connectivity index (χ2v) is 4.40. The van der Waals surface area contributed by atoms with Crippen LogP contribution in [-0.2, 0) is 6.42 Å². The van der Waals surface area contributed by atoms with Crippen LogP contribution in [-0.4, -0.2) is 19.3 Å². The third-order valence-corrected chi connectivity index (χ3v) is 3.17. The van der Waals surface area contributed by atoms with Gasteiger partial charge in [0.15, 0.2) is 11.6 Å². The van der Waals surface area contributed by atoms with E-state index >= 15 is 0 Å². The molecule has 0 aliphatic rings.